The minimum Gasteiger partial charge on any atom is -0.330 e. The fourth-order valence-corrected chi connectivity index (χ4v) is 5.93. The Balaban J connectivity index is 1.33. The van der Waals surface area contributed by atoms with Crippen molar-refractivity contribution < 1.29 is 18.0 Å². The predicted molar refractivity (Wildman–Crippen MR) is 118 cm³/mol. The van der Waals surface area contributed by atoms with Crippen LogP contribution in [-0.4, -0.2) is 64.4 Å². The summed E-state index contributed by atoms with van der Waals surface area (Å²) in [5.41, 5.74) is 4.57. The van der Waals surface area contributed by atoms with Gasteiger partial charge in [-0.2, -0.15) is 0 Å². The molecule has 4 rings (SSSR count). The Labute approximate surface area is 183 Å². The first-order chi connectivity index (χ1) is 14.7. The Morgan fingerprint density at radius 1 is 1.03 bits per heavy atom. The highest BCUT2D eigenvalue weighted by Crippen LogP contribution is 2.25. The molecule has 0 bridgehead atoms. The normalized spacial score (nSPS) is 19.5. The zero-order valence-corrected chi connectivity index (χ0v) is 19.0. The van der Waals surface area contributed by atoms with Gasteiger partial charge < -0.3 is 4.57 Å². The van der Waals surface area contributed by atoms with Gasteiger partial charge in [-0.1, -0.05) is 0 Å². The second-order valence-electron chi connectivity index (χ2n) is 8.77. The quantitative estimate of drug-likeness (QED) is 0.635. The van der Waals surface area contributed by atoms with Crippen LogP contribution >= 0.6 is 0 Å². The number of amides is 2. The number of imide groups is 1. The standard InChI is InChI=1S/C22H30N4O4S/c1-16-12-19-20(13-17(16)2)24(15-23-19)14-18-6-8-25(9-7-18)31(29,30)11-10-26-21(27)4-3-5-22(26)28/h12-13,15,18H,3-11,14H2,1-2H3. The number of imidazole rings is 1. The van der Waals surface area contributed by atoms with E-state index in [4.69, 9.17) is 0 Å². The number of aromatic nitrogens is 2. The van der Waals surface area contributed by atoms with Gasteiger partial charge in [0, 0.05) is 39.0 Å². The van der Waals surface area contributed by atoms with Crippen LogP contribution in [0.3, 0.4) is 0 Å². The fourth-order valence-electron chi connectivity index (χ4n) is 4.49. The molecular weight excluding hydrogens is 416 g/mol. The van der Waals surface area contributed by atoms with Gasteiger partial charge in [0.15, 0.2) is 0 Å². The van der Waals surface area contributed by atoms with Crippen molar-refractivity contribution in [3.8, 4) is 0 Å². The van der Waals surface area contributed by atoms with E-state index in [9.17, 15) is 18.0 Å². The van der Waals surface area contributed by atoms with Crippen LogP contribution in [0.5, 0.6) is 0 Å². The average Bonchev–Trinajstić information content (AvgIpc) is 3.10. The monoisotopic (exact) mass is 446 g/mol. The summed E-state index contributed by atoms with van der Waals surface area (Å²) in [5.74, 6) is -0.332. The van der Waals surface area contributed by atoms with Gasteiger partial charge in [-0.15, -0.1) is 0 Å². The summed E-state index contributed by atoms with van der Waals surface area (Å²) < 4.78 is 29.2. The van der Waals surface area contributed by atoms with Crippen LogP contribution in [0.1, 0.15) is 43.2 Å². The summed E-state index contributed by atoms with van der Waals surface area (Å²) in [6.45, 7) is 5.91. The van der Waals surface area contributed by atoms with E-state index in [0.717, 1.165) is 35.3 Å². The second-order valence-corrected chi connectivity index (χ2v) is 10.9. The summed E-state index contributed by atoms with van der Waals surface area (Å²) in [4.78, 5) is 29.5. The molecule has 0 radical (unpaired) electrons. The number of aryl methyl sites for hydroxylation is 2. The summed E-state index contributed by atoms with van der Waals surface area (Å²) >= 11 is 0. The number of likely N-dealkylation sites (tertiary alicyclic amines) is 1. The number of fused-ring (bicyclic) bond motifs is 1. The Kier molecular flexibility index (Phi) is 6.16. The predicted octanol–water partition coefficient (Wildman–Crippen LogP) is 2.23. The fraction of sp³-hybridized carbons (Fsp3) is 0.591. The Morgan fingerprint density at radius 3 is 2.35 bits per heavy atom. The zero-order valence-electron chi connectivity index (χ0n) is 18.2. The van der Waals surface area contributed by atoms with Crippen LogP contribution in [0.25, 0.3) is 11.0 Å². The Morgan fingerprint density at radius 2 is 1.68 bits per heavy atom. The van der Waals surface area contributed by atoms with Crippen molar-refractivity contribution in [2.45, 2.75) is 52.5 Å². The number of piperidine rings is 2. The third kappa shape index (κ3) is 4.67. The van der Waals surface area contributed by atoms with Crippen LogP contribution in [0.4, 0.5) is 0 Å². The molecule has 0 unspecified atom stereocenters. The molecule has 0 aliphatic carbocycles. The number of hydrogen-bond acceptors (Lipinski definition) is 5. The van der Waals surface area contributed by atoms with Gasteiger partial charge in [0.25, 0.3) is 0 Å². The highest BCUT2D eigenvalue weighted by molar-refractivity contribution is 7.89. The molecule has 1 aromatic heterocycles. The maximum atomic E-state index is 12.8. The molecule has 3 heterocycles. The van der Waals surface area contributed by atoms with Crippen LogP contribution in [0.2, 0.25) is 0 Å². The van der Waals surface area contributed by atoms with E-state index >= 15 is 0 Å². The smallest absolute Gasteiger partial charge is 0.229 e. The van der Waals surface area contributed by atoms with Gasteiger partial charge in [0.05, 0.1) is 23.1 Å². The molecular formula is C22H30N4O4S. The Hall–Kier alpha value is -2.26. The minimum atomic E-state index is -3.49. The van der Waals surface area contributed by atoms with Crippen LogP contribution in [0.15, 0.2) is 18.5 Å². The molecule has 0 atom stereocenters. The molecule has 0 spiro atoms. The molecule has 2 fully saturated rings. The molecule has 2 aliphatic rings. The molecule has 0 saturated carbocycles. The number of benzene rings is 1. The first-order valence-electron chi connectivity index (χ1n) is 11.0. The SMILES string of the molecule is Cc1cc2ncn(CC3CCN(S(=O)(=O)CCN4C(=O)CCCC4=O)CC3)c2cc1C. The van der Waals surface area contributed by atoms with E-state index in [1.165, 1.54) is 15.4 Å². The van der Waals surface area contributed by atoms with E-state index in [2.05, 4.69) is 35.5 Å². The lowest BCUT2D eigenvalue weighted by molar-refractivity contribution is -0.147. The third-order valence-electron chi connectivity index (χ3n) is 6.61. The number of carbonyl (C=O) groups excluding carboxylic acids is 2. The van der Waals surface area contributed by atoms with Gasteiger partial charge >= 0.3 is 0 Å². The van der Waals surface area contributed by atoms with Gasteiger partial charge in [0.2, 0.25) is 21.8 Å². The molecule has 2 aromatic rings. The van der Waals surface area contributed by atoms with E-state index in [-0.39, 0.29) is 24.1 Å². The largest absolute Gasteiger partial charge is 0.330 e. The molecule has 1 aromatic carbocycles. The maximum absolute atomic E-state index is 12.8. The first-order valence-corrected chi connectivity index (χ1v) is 12.6. The van der Waals surface area contributed by atoms with Crippen LogP contribution in [0, 0.1) is 19.8 Å². The molecule has 168 valence electrons. The Bertz CT molecular complexity index is 1080. The van der Waals surface area contributed by atoms with E-state index in [0.29, 0.717) is 38.3 Å². The number of nitrogens with zero attached hydrogens (tertiary/aromatic N) is 4. The van der Waals surface area contributed by atoms with Gasteiger partial charge in [-0.3, -0.25) is 14.5 Å². The van der Waals surface area contributed by atoms with Crippen molar-refractivity contribution >= 4 is 32.9 Å². The van der Waals surface area contributed by atoms with Crippen molar-refractivity contribution in [1.29, 1.82) is 0 Å². The van der Waals surface area contributed by atoms with E-state index < -0.39 is 10.0 Å². The first kappa shape index (κ1) is 22.0. The summed E-state index contributed by atoms with van der Waals surface area (Å²) in [6.07, 6.45) is 4.63. The molecule has 2 aliphatic heterocycles. The van der Waals surface area contributed by atoms with Crippen LogP contribution in [-0.2, 0) is 26.2 Å². The van der Waals surface area contributed by atoms with Crippen molar-refractivity contribution in [2.24, 2.45) is 5.92 Å². The van der Waals surface area contributed by atoms with Crippen LogP contribution < -0.4 is 0 Å². The summed E-state index contributed by atoms with van der Waals surface area (Å²) in [6, 6.07) is 4.27. The molecule has 2 amide bonds. The topological polar surface area (TPSA) is 92.6 Å². The summed E-state index contributed by atoms with van der Waals surface area (Å²) in [7, 11) is -3.49. The molecule has 31 heavy (non-hydrogen) atoms. The van der Waals surface area contributed by atoms with Gasteiger partial charge in [-0.05, 0) is 62.3 Å². The van der Waals surface area contributed by atoms with Gasteiger partial charge in [-0.25, -0.2) is 17.7 Å². The summed E-state index contributed by atoms with van der Waals surface area (Å²) in [5, 5.41) is 0. The van der Waals surface area contributed by atoms with E-state index in [1.54, 1.807) is 0 Å². The van der Waals surface area contributed by atoms with Crippen molar-refractivity contribution in [3.05, 3.63) is 29.6 Å². The lowest BCUT2D eigenvalue weighted by Crippen LogP contribution is -2.46. The molecule has 0 N–H and O–H groups in total. The third-order valence-corrected chi connectivity index (χ3v) is 8.46. The number of carbonyl (C=O) groups is 2. The van der Waals surface area contributed by atoms with Crippen molar-refractivity contribution in [2.75, 3.05) is 25.4 Å². The zero-order chi connectivity index (χ0) is 22.2. The second kappa shape index (κ2) is 8.70. The lowest BCUT2D eigenvalue weighted by Gasteiger charge is -2.32. The number of rotatable bonds is 6. The highest BCUT2D eigenvalue weighted by atomic mass is 32.2. The molecule has 2 saturated heterocycles. The van der Waals surface area contributed by atoms with Crippen molar-refractivity contribution in [1.82, 2.24) is 18.8 Å². The molecule has 9 heteroatoms. The van der Waals surface area contributed by atoms with E-state index in [1.807, 2.05) is 6.33 Å². The maximum Gasteiger partial charge on any atom is 0.229 e. The number of hydrogen-bond donors (Lipinski definition) is 0. The average molecular weight is 447 g/mol. The minimum absolute atomic E-state index is 0.0419. The van der Waals surface area contributed by atoms with Crippen molar-refractivity contribution in [3.63, 3.8) is 0 Å². The molecule has 8 nitrogen and oxygen atoms in total. The highest BCUT2D eigenvalue weighted by Gasteiger charge is 2.31. The lowest BCUT2D eigenvalue weighted by atomic mass is 9.98. The van der Waals surface area contributed by atoms with Gasteiger partial charge in [0.1, 0.15) is 0 Å². The number of sulfonamides is 1.